The fourth-order valence-corrected chi connectivity index (χ4v) is 3.69. The SMILES string of the molecule is C[C@H](c1ccccc1)[C@H]1OC[C@H](C[N+]2(C)CCCCC2)O1. The Balaban J connectivity index is 1.55. The Hall–Kier alpha value is -0.900. The molecule has 21 heavy (non-hydrogen) atoms. The zero-order valence-electron chi connectivity index (χ0n) is 13.3. The standard InChI is InChI=1S/C18H28NO2/c1-15(16-9-5-3-6-10-16)18-20-14-17(21-18)13-19(2)11-7-4-8-12-19/h3,5-6,9-10,15,17-18H,4,7-8,11-14H2,1-2H3/q+1/t15-,17+,18+/m1/s1. The monoisotopic (exact) mass is 290 g/mol. The molecule has 0 aliphatic carbocycles. The quantitative estimate of drug-likeness (QED) is 0.793. The molecule has 116 valence electrons. The lowest BCUT2D eigenvalue weighted by molar-refractivity contribution is -0.916. The van der Waals surface area contributed by atoms with Crippen LogP contribution in [0.5, 0.6) is 0 Å². The van der Waals surface area contributed by atoms with Gasteiger partial charge in [-0.1, -0.05) is 37.3 Å². The topological polar surface area (TPSA) is 18.5 Å². The van der Waals surface area contributed by atoms with E-state index in [1.165, 1.54) is 37.9 Å². The van der Waals surface area contributed by atoms with Crippen molar-refractivity contribution in [2.45, 2.75) is 44.5 Å². The second-order valence-electron chi connectivity index (χ2n) is 6.97. The third kappa shape index (κ3) is 3.65. The van der Waals surface area contributed by atoms with Crippen LogP contribution < -0.4 is 0 Å². The normalized spacial score (nSPS) is 30.2. The van der Waals surface area contributed by atoms with Crippen LogP contribution >= 0.6 is 0 Å². The number of likely N-dealkylation sites (N-methyl/N-ethyl adjacent to an activating group) is 1. The maximum absolute atomic E-state index is 6.21. The molecule has 2 heterocycles. The van der Waals surface area contributed by atoms with Gasteiger partial charge in [-0.15, -0.1) is 0 Å². The molecule has 0 saturated carbocycles. The number of hydrogen-bond donors (Lipinski definition) is 0. The first-order valence-electron chi connectivity index (χ1n) is 8.32. The number of quaternary nitrogens is 1. The number of likely N-dealkylation sites (tertiary alicyclic amines) is 1. The third-order valence-electron chi connectivity index (χ3n) is 5.05. The van der Waals surface area contributed by atoms with E-state index in [0.29, 0.717) is 5.92 Å². The van der Waals surface area contributed by atoms with Crippen molar-refractivity contribution in [3.8, 4) is 0 Å². The van der Waals surface area contributed by atoms with Crippen molar-refractivity contribution in [1.29, 1.82) is 0 Å². The molecule has 0 spiro atoms. The van der Waals surface area contributed by atoms with Crippen LogP contribution in [0.4, 0.5) is 0 Å². The molecule has 0 amide bonds. The number of nitrogens with zero attached hydrogens (tertiary/aromatic N) is 1. The molecule has 2 aliphatic rings. The van der Waals surface area contributed by atoms with E-state index < -0.39 is 0 Å². The van der Waals surface area contributed by atoms with Gasteiger partial charge in [0.2, 0.25) is 0 Å². The number of piperidine rings is 1. The first-order chi connectivity index (χ1) is 10.2. The van der Waals surface area contributed by atoms with E-state index in [4.69, 9.17) is 9.47 Å². The fraction of sp³-hybridized carbons (Fsp3) is 0.667. The molecule has 0 N–H and O–H groups in total. The molecule has 1 aromatic carbocycles. The zero-order valence-corrected chi connectivity index (χ0v) is 13.3. The van der Waals surface area contributed by atoms with Gasteiger partial charge in [-0.25, -0.2) is 0 Å². The second kappa shape index (κ2) is 6.47. The summed E-state index contributed by atoms with van der Waals surface area (Å²) in [6.07, 6.45) is 4.27. The van der Waals surface area contributed by atoms with Crippen molar-refractivity contribution in [3.05, 3.63) is 35.9 Å². The average Bonchev–Trinajstić information content (AvgIpc) is 2.96. The first-order valence-corrected chi connectivity index (χ1v) is 8.32. The Morgan fingerprint density at radius 2 is 1.86 bits per heavy atom. The van der Waals surface area contributed by atoms with Gasteiger partial charge in [-0.2, -0.15) is 0 Å². The largest absolute Gasteiger partial charge is 0.349 e. The molecular formula is C18H28NO2+. The summed E-state index contributed by atoms with van der Waals surface area (Å²) < 4.78 is 13.3. The van der Waals surface area contributed by atoms with Crippen LogP contribution in [0, 0.1) is 0 Å². The van der Waals surface area contributed by atoms with Gasteiger partial charge in [0.15, 0.2) is 6.29 Å². The molecule has 1 aromatic rings. The van der Waals surface area contributed by atoms with Crippen LogP contribution in [0.2, 0.25) is 0 Å². The summed E-state index contributed by atoms with van der Waals surface area (Å²) in [5, 5.41) is 0. The van der Waals surface area contributed by atoms with Crippen molar-refractivity contribution in [2.24, 2.45) is 0 Å². The van der Waals surface area contributed by atoms with Crippen LogP contribution in [0.3, 0.4) is 0 Å². The minimum atomic E-state index is -0.0891. The Bertz CT molecular complexity index is 442. The van der Waals surface area contributed by atoms with Crippen molar-refractivity contribution >= 4 is 0 Å². The molecule has 3 rings (SSSR count). The number of rotatable bonds is 4. The van der Waals surface area contributed by atoms with Gasteiger partial charge in [-0.3, -0.25) is 0 Å². The van der Waals surface area contributed by atoms with Gasteiger partial charge in [0, 0.05) is 5.92 Å². The second-order valence-corrected chi connectivity index (χ2v) is 6.97. The van der Waals surface area contributed by atoms with E-state index in [2.05, 4.69) is 44.3 Å². The molecule has 3 heteroatoms. The van der Waals surface area contributed by atoms with Crippen molar-refractivity contribution in [3.63, 3.8) is 0 Å². The summed E-state index contributed by atoms with van der Waals surface area (Å²) in [5.74, 6) is 0.294. The lowest BCUT2D eigenvalue weighted by Crippen LogP contribution is -2.52. The molecule has 2 fully saturated rings. The number of benzene rings is 1. The molecule has 0 radical (unpaired) electrons. The summed E-state index contributed by atoms with van der Waals surface area (Å²) in [5.41, 5.74) is 1.29. The molecular weight excluding hydrogens is 262 g/mol. The van der Waals surface area contributed by atoms with Gasteiger partial charge >= 0.3 is 0 Å². The zero-order chi connectivity index (χ0) is 14.7. The Morgan fingerprint density at radius 3 is 2.57 bits per heavy atom. The van der Waals surface area contributed by atoms with Crippen LogP contribution in [0.1, 0.15) is 37.7 Å². The van der Waals surface area contributed by atoms with E-state index in [1.54, 1.807) is 0 Å². The van der Waals surface area contributed by atoms with Gasteiger partial charge in [0.05, 0.1) is 26.7 Å². The summed E-state index contributed by atoms with van der Waals surface area (Å²) in [6.45, 7) is 6.62. The van der Waals surface area contributed by atoms with E-state index in [1.807, 2.05) is 0 Å². The minimum absolute atomic E-state index is 0.0891. The Kier molecular flexibility index (Phi) is 4.63. The average molecular weight is 290 g/mol. The highest BCUT2D eigenvalue weighted by Gasteiger charge is 2.36. The van der Waals surface area contributed by atoms with E-state index >= 15 is 0 Å². The third-order valence-corrected chi connectivity index (χ3v) is 5.05. The highest BCUT2D eigenvalue weighted by Crippen LogP contribution is 2.28. The van der Waals surface area contributed by atoms with Crippen LogP contribution in [0.15, 0.2) is 30.3 Å². The van der Waals surface area contributed by atoms with Crippen LogP contribution in [-0.4, -0.2) is 50.2 Å². The molecule has 2 saturated heterocycles. The predicted octanol–water partition coefficient (Wildman–Crippen LogP) is 3.16. The smallest absolute Gasteiger partial charge is 0.165 e. The van der Waals surface area contributed by atoms with Gasteiger partial charge in [-0.05, 0) is 24.8 Å². The highest BCUT2D eigenvalue weighted by atomic mass is 16.7. The highest BCUT2D eigenvalue weighted by molar-refractivity contribution is 5.19. The van der Waals surface area contributed by atoms with Crippen LogP contribution in [0.25, 0.3) is 0 Å². The van der Waals surface area contributed by atoms with E-state index in [-0.39, 0.29) is 12.4 Å². The maximum Gasteiger partial charge on any atom is 0.165 e. The summed E-state index contributed by atoms with van der Waals surface area (Å²) >= 11 is 0. The summed E-state index contributed by atoms with van der Waals surface area (Å²) in [7, 11) is 2.37. The Labute approximate surface area is 128 Å². The lowest BCUT2D eigenvalue weighted by Gasteiger charge is -2.39. The fourth-order valence-electron chi connectivity index (χ4n) is 3.69. The van der Waals surface area contributed by atoms with Gasteiger partial charge < -0.3 is 14.0 Å². The Morgan fingerprint density at radius 1 is 1.14 bits per heavy atom. The summed E-state index contributed by atoms with van der Waals surface area (Å²) in [6, 6.07) is 10.5. The van der Waals surface area contributed by atoms with E-state index in [9.17, 15) is 0 Å². The molecule has 3 nitrogen and oxygen atoms in total. The predicted molar refractivity (Wildman–Crippen MR) is 84.1 cm³/mol. The van der Waals surface area contributed by atoms with Crippen molar-refractivity contribution in [1.82, 2.24) is 0 Å². The van der Waals surface area contributed by atoms with Crippen molar-refractivity contribution in [2.75, 3.05) is 33.3 Å². The number of hydrogen-bond acceptors (Lipinski definition) is 2. The molecule has 0 unspecified atom stereocenters. The summed E-state index contributed by atoms with van der Waals surface area (Å²) in [4.78, 5) is 0. The molecule has 3 atom stereocenters. The van der Waals surface area contributed by atoms with E-state index in [0.717, 1.165) is 17.6 Å². The van der Waals surface area contributed by atoms with Crippen molar-refractivity contribution < 1.29 is 14.0 Å². The maximum atomic E-state index is 6.21. The molecule has 0 aromatic heterocycles. The number of ether oxygens (including phenoxy) is 2. The molecule has 2 aliphatic heterocycles. The lowest BCUT2D eigenvalue weighted by atomic mass is 10.0. The molecule has 0 bridgehead atoms. The van der Waals surface area contributed by atoms with Gasteiger partial charge in [0.1, 0.15) is 12.6 Å². The first kappa shape index (κ1) is 15.0. The minimum Gasteiger partial charge on any atom is -0.349 e. The van der Waals surface area contributed by atoms with Gasteiger partial charge in [0.25, 0.3) is 0 Å². The van der Waals surface area contributed by atoms with Crippen LogP contribution in [-0.2, 0) is 9.47 Å².